The standard InChI is InChI=1S/C22H34N6O/c1-15-10-16(2)12-19(11-15)25-22(24-14-21-27-26-17(3)28(21)4)23-13-18-6-8-20(29-5)9-7-18/h6-9,15-16,19H,10-14H2,1-5H3,(H2,23,24,25). The van der Waals surface area contributed by atoms with Crippen molar-refractivity contribution in [3.8, 4) is 5.75 Å². The summed E-state index contributed by atoms with van der Waals surface area (Å²) in [5.74, 6) is 4.96. The molecule has 0 radical (unpaired) electrons. The normalized spacial score (nSPS) is 22.4. The van der Waals surface area contributed by atoms with Crippen molar-refractivity contribution in [2.45, 2.75) is 59.2 Å². The van der Waals surface area contributed by atoms with Gasteiger partial charge in [-0.15, -0.1) is 10.2 Å². The van der Waals surface area contributed by atoms with E-state index in [-0.39, 0.29) is 0 Å². The molecule has 1 aromatic carbocycles. The fraction of sp³-hybridized carbons (Fsp3) is 0.591. The molecule has 0 spiro atoms. The van der Waals surface area contributed by atoms with Gasteiger partial charge in [-0.1, -0.05) is 26.0 Å². The van der Waals surface area contributed by atoms with E-state index in [1.54, 1.807) is 7.11 Å². The van der Waals surface area contributed by atoms with Gasteiger partial charge in [0.05, 0.1) is 20.2 Å². The molecule has 158 valence electrons. The molecule has 7 nitrogen and oxygen atoms in total. The molecule has 1 aliphatic carbocycles. The fourth-order valence-corrected chi connectivity index (χ4v) is 4.08. The van der Waals surface area contributed by atoms with Gasteiger partial charge in [0, 0.05) is 13.1 Å². The summed E-state index contributed by atoms with van der Waals surface area (Å²) in [5.41, 5.74) is 1.15. The topological polar surface area (TPSA) is 76.4 Å². The highest BCUT2D eigenvalue weighted by Gasteiger charge is 2.24. The number of nitrogens with one attached hydrogen (secondary N) is 2. The van der Waals surface area contributed by atoms with Crippen LogP contribution in [-0.4, -0.2) is 33.9 Å². The highest BCUT2D eigenvalue weighted by Crippen LogP contribution is 2.28. The van der Waals surface area contributed by atoms with Gasteiger partial charge in [0.25, 0.3) is 0 Å². The lowest BCUT2D eigenvalue weighted by atomic mass is 9.80. The highest BCUT2D eigenvalue weighted by molar-refractivity contribution is 5.80. The van der Waals surface area contributed by atoms with E-state index in [1.807, 2.05) is 30.7 Å². The van der Waals surface area contributed by atoms with Crippen LogP contribution in [0.5, 0.6) is 5.75 Å². The molecule has 7 heteroatoms. The van der Waals surface area contributed by atoms with Crippen LogP contribution < -0.4 is 15.4 Å². The number of aromatic nitrogens is 3. The van der Waals surface area contributed by atoms with Crippen LogP contribution >= 0.6 is 0 Å². The summed E-state index contributed by atoms with van der Waals surface area (Å²) >= 11 is 0. The second-order valence-electron chi connectivity index (χ2n) is 8.35. The zero-order valence-electron chi connectivity index (χ0n) is 18.3. The Hall–Kier alpha value is -2.57. The summed E-state index contributed by atoms with van der Waals surface area (Å²) in [6.45, 7) is 7.83. The van der Waals surface area contributed by atoms with Crippen molar-refractivity contribution < 1.29 is 4.74 Å². The van der Waals surface area contributed by atoms with Gasteiger partial charge in [0.15, 0.2) is 11.8 Å². The van der Waals surface area contributed by atoms with Crippen LogP contribution in [0.2, 0.25) is 0 Å². The first-order valence-electron chi connectivity index (χ1n) is 10.5. The molecular weight excluding hydrogens is 364 g/mol. The van der Waals surface area contributed by atoms with E-state index < -0.39 is 0 Å². The van der Waals surface area contributed by atoms with E-state index in [2.05, 4.69) is 46.8 Å². The number of benzene rings is 1. The van der Waals surface area contributed by atoms with Crippen molar-refractivity contribution in [3.63, 3.8) is 0 Å². The third kappa shape index (κ3) is 5.95. The number of hydrogen-bond acceptors (Lipinski definition) is 4. The minimum Gasteiger partial charge on any atom is -0.497 e. The summed E-state index contributed by atoms with van der Waals surface area (Å²) in [6.07, 6.45) is 3.66. The first-order valence-corrected chi connectivity index (χ1v) is 10.5. The Morgan fingerprint density at radius 1 is 1.14 bits per heavy atom. The summed E-state index contributed by atoms with van der Waals surface area (Å²) < 4.78 is 7.24. The minimum atomic E-state index is 0.442. The molecule has 29 heavy (non-hydrogen) atoms. The van der Waals surface area contributed by atoms with Crippen LogP contribution in [0.4, 0.5) is 0 Å². The third-order valence-electron chi connectivity index (χ3n) is 5.69. The van der Waals surface area contributed by atoms with Crippen LogP contribution in [0.1, 0.15) is 50.3 Å². The molecular formula is C22H34N6O. The van der Waals surface area contributed by atoms with Crippen LogP contribution in [0.25, 0.3) is 0 Å². The largest absolute Gasteiger partial charge is 0.497 e. The van der Waals surface area contributed by atoms with Gasteiger partial charge < -0.3 is 19.9 Å². The molecule has 1 aromatic heterocycles. The lowest BCUT2D eigenvalue weighted by molar-refractivity contribution is 0.255. The van der Waals surface area contributed by atoms with Crippen LogP contribution in [0.15, 0.2) is 29.3 Å². The quantitative estimate of drug-likeness (QED) is 0.577. The molecule has 2 atom stereocenters. The predicted molar refractivity (Wildman–Crippen MR) is 116 cm³/mol. The SMILES string of the molecule is COc1ccc(CN=C(NCc2nnc(C)n2C)NC2CC(C)CC(C)C2)cc1. The summed E-state index contributed by atoms with van der Waals surface area (Å²) in [5, 5.41) is 15.5. The summed E-state index contributed by atoms with van der Waals surface area (Å²) in [4.78, 5) is 4.84. The fourth-order valence-electron chi connectivity index (χ4n) is 4.08. The molecule has 0 amide bonds. The lowest BCUT2D eigenvalue weighted by Crippen LogP contribution is -2.46. The van der Waals surface area contributed by atoms with E-state index in [0.29, 0.717) is 19.1 Å². The molecule has 2 aromatic rings. The van der Waals surface area contributed by atoms with E-state index >= 15 is 0 Å². The summed E-state index contributed by atoms with van der Waals surface area (Å²) in [7, 11) is 3.66. The van der Waals surface area contributed by atoms with E-state index in [1.165, 1.54) is 19.3 Å². The maximum absolute atomic E-state index is 5.24. The first kappa shape index (κ1) is 21.1. The van der Waals surface area contributed by atoms with Crippen molar-refractivity contribution in [3.05, 3.63) is 41.5 Å². The predicted octanol–water partition coefficient (Wildman–Crippen LogP) is 3.19. The lowest BCUT2D eigenvalue weighted by Gasteiger charge is -2.33. The van der Waals surface area contributed by atoms with Gasteiger partial charge in [-0.3, -0.25) is 0 Å². The average Bonchev–Trinajstić information content (AvgIpc) is 3.01. The Morgan fingerprint density at radius 2 is 1.83 bits per heavy atom. The van der Waals surface area contributed by atoms with Crippen molar-refractivity contribution >= 4 is 5.96 Å². The van der Waals surface area contributed by atoms with Crippen LogP contribution in [0, 0.1) is 18.8 Å². The zero-order valence-corrected chi connectivity index (χ0v) is 18.3. The first-order chi connectivity index (χ1) is 13.9. The van der Waals surface area contributed by atoms with Gasteiger partial charge in [0.2, 0.25) is 0 Å². The molecule has 3 rings (SSSR count). The average molecular weight is 399 g/mol. The molecule has 0 aliphatic heterocycles. The number of aryl methyl sites for hydroxylation is 1. The van der Waals surface area contributed by atoms with E-state index in [0.717, 1.165) is 40.8 Å². The Kier molecular flexibility index (Phi) is 7.12. The second kappa shape index (κ2) is 9.76. The smallest absolute Gasteiger partial charge is 0.192 e. The Bertz CT molecular complexity index is 803. The Balaban J connectivity index is 1.69. The molecule has 0 saturated heterocycles. The Morgan fingerprint density at radius 3 is 2.41 bits per heavy atom. The second-order valence-corrected chi connectivity index (χ2v) is 8.35. The van der Waals surface area contributed by atoms with E-state index in [9.17, 15) is 0 Å². The molecule has 2 N–H and O–H groups in total. The van der Waals surface area contributed by atoms with Crippen molar-refractivity contribution in [1.82, 2.24) is 25.4 Å². The maximum Gasteiger partial charge on any atom is 0.192 e. The summed E-state index contributed by atoms with van der Waals surface area (Å²) in [6, 6.07) is 8.49. The highest BCUT2D eigenvalue weighted by atomic mass is 16.5. The maximum atomic E-state index is 5.24. The number of methoxy groups -OCH3 is 1. The van der Waals surface area contributed by atoms with E-state index in [4.69, 9.17) is 9.73 Å². The monoisotopic (exact) mass is 398 g/mol. The van der Waals surface area contributed by atoms with Gasteiger partial charge in [-0.2, -0.15) is 0 Å². The third-order valence-corrected chi connectivity index (χ3v) is 5.69. The number of ether oxygens (including phenoxy) is 1. The van der Waals surface area contributed by atoms with Gasteiger partial charge in [-0.25, -0.2) is 4.99 Å². The zero-order chi connectivity index (χ0) is 20.8. The van der Waals surface area contributed by atoms with Crippen LogP contribution in [0.3, 0.4) is 0 Å². The van der Waals surface area contributed by atoms with Crippen LogP contribution in [-0.2, 0) is 20.1 Å². The molecule has 1 saturated carbocycles. The Labute approximate surface area is 174 Å². The van der Waals surface area contributed by atoms with Crippen molar-refractivity contribution in [2.75, 3.05) is 7.11 Å². The van der Waals surface area contributed by atoms with Crippen molar-refractivity contribution in [1.29, 1.82) is 0 Å². The minimum absolute atomic E-state index is 0.442. The van der Waals surface area contributed by atoms with Gasteiger partial charge in [0.1, 0.15) is 11.6 Å². The molecule has 1 heterocycles. The number of hydrogen-bond donors (Lipinski definition) is 2. The molecule has 2 unspecified atom stereocenters. The molecule has 1 fully saturated rings. The van der Waals surface area contributed by atoms with Crippen molar-refractivity contribution in [2.24, 2.45) is 23.9 Å². The molecule has 1 aliphatic rings. The number of guanidine groups is 1. The number of nitrogens with zero attached hydrogens (tertiary/aromatic N) is 4. The molecule has 0 bridgehead atoms. The number of aliphatic imine (C=N–C) groups is 1. The number of rotatable bonds is 6. The van der Waals surface area contributed by atoms with Gasteiger partial charge >= 0.3 is 0 Å². The van der Waals surface area contributed by atoms with Gasteiger partial charge in [-0.05, 0) is 55.7 Å².